The predicted octanol–water partition coefficient (Wildman–Crippen LogP) is 13.9. The summed E-state index contributed by atoms with van der Waals surface area (Å²) in [5, 5.41) is 6.91. The number of anilines is 3. The second-order valence-corrected chi connectivity index (χ2v) is 14.9. The van der Waals surface area contributed by atoms with Crippen LogP contribution in [0.3, 0.4) is 0 Å². The molecule has 0 spiro atoms. The summed E-state index contributed by atoms with van der Waals surface area (Å²) in [5.74, 6) is 0.834. The SMILES string of the molecule is CC1(C)c2cc(N(c3ccc4c(c3)oc3cc(-c5ccccc5)c5ccccc5c34)c3ccc4oc5ccccc5c4c3)ccc2C2C=CC=CC21. The zero-order chi connectivity index (χ0) is 34.6. The van der Waals surface area contributed by atoms with Crippen molar-refractivity contribution in [1.82, 2.24) is 0 Å². The van der Waals surface area contributed by atoms with Crippen LogP contribution in [0.4, 0.5) is 17.1 Å². The number of nitrogens with zero attached hydrogens (tertiary/aromatic N) is 1. The highest BCUT2D eigenvalue weighted by Gasteiger charge is 2.44. The van der Waals surface area contributed by atoms with E-state index in [-0.39, 0.29) is 5.41 Å². The molecule has 2 unspecified atom stereocenters. The van der Waals surface area contributed by atoms with Gasteiger partial charge in [0.15, 0.2) is 0 Å². The zero-order valence-electron chi connectivity index (χ0n) is 29.0. The molecule has 0 radical (unpaired) electrons. The first kappa shape index (κ1) is 29.4. The summed E-state index contributed by atoms with van der Waals surface area (Å²) in [5.41, 5.74) is 12.0. The van der Waals surface area contributed by atoms with Crippen LogP contribution >= 0.6 is 0 Å². The molecule has 2 atom stereocenters. The predicted molar refractivity (Wildman–Crippen MR) is 216 cm³/mol. The van der Waals surface area contributed by atoms with Crippen molar-refractivity contribution in [2.75, 3.05) is 4.90 Å². The number of furan rings is 2. The quantitative estimate of drug-likeness (QED) is 0.187. The Bertz CT molecular complexity index is 2960. The van der Waals surface area contributed by atoms with Crippen molar-refractivity contribution >= 4 is 71.7 Å². The van der Waals surface area contributed by atoms with E-state index in [1.807, 2.05) is 12.1 Å². The molecule has 9 aromatic rings. The van der Waals surface area contributed by atoms with Crippen LogP contribution in [-0.2, 0) is 5.41 Å². The number of benzene rings is 7. The Labute approximate surface area is 301 Å². The van der Waals surface area contributed by atoms with Crippen molar-refractivity contribution < 1.29 is 8.83 Å². The minimum atomic E-state index is -0.00609. The molecule has 248 valence electrons. The number of allylic oxidation sites excluding steroid dienone is 4. The van der Waals surface area contributed by atoms with Crippen LogP contribution in [0.5, 0.6) is 0 Å². The van der Waals surface area contributed by atoms with Crippen molar-refractivity contribution in [1.29, 1.82) is 0 Å². The number of hydrogen-bond acceptors (Lipinski definition) is 3. The van der Waals surface area contributed by atoms with Gasteiger partial charge in [0.25, 0.3) is 0 Å². The van der Waals surface area contributed by atoms with Gasteiger partial charge in [-0.3, -0.25) is 0 Å². The Balaban J connectivity index is 1.14. The third kappa shape index (κ3) is 4.20. The molecule has 2 heterocycles. The lowest BCUT2D eigenvalue weighted by molar-refractivity contribution is 0.394. The van der Waals surface area contributed by atoms with Crippen LogP contribution in [0.15, 0.2) is 173 Å². The summed E-state index contributed by atoms with van der Waals surface area (Å²) in [7, 11) is 0. The lowest BCUT2D eigenvalue weighted by Crippen LogP contribution is -2.24. The molecule has 3 heteroatoms. The van der Waals surface area contributed by atoms with Crippen molar-refractivity contribution in [2.45, 2.75) is 25.2 Å². The Morgan fingerprint density at radius 1 is 0.500 bits per heavy atom. The minimum Gasteiger partial charge on any atom is -0.456 e. The lowest BCUT2D eigenvalue weighted by Gasteiger charge is -2.30. The number of para-hydroxylation sites is 1. The lowest BCUT2D eigenvalue weighted by atomic mass is 9.74. The number of fused-ring (bicyclic) bond motifs is 11. The second-order valence-electron chi connectivity index (χ2n) is 14.9. The molecule has 52 heavy (non-hydrogen) atoms. The van der Waals surface area contributed by atoms with Crippen molar-refractivity contribution in [3.05, 3.63) is 175 Å². The molecule has 7 aromatic carbocycles. The molecule has 0 N–H and O–H groups in total. The average Bonchev–Trinajstić information content (AvgIpc) is 3.82. The van der Waals surface area contributed by atoms with Gasteiger partial charge in [-0.2, -0.15) is 0 Å². The Kier molecular flexibility index (Phi) is 6.13. The van der Waals surface area contributed by atoms with E-state index in [1.165, 1.54) is 33.0 Å². The van der Waals surface area contributed by atoms with Gasteiger partial charge in [-0.25, -0.2) is 0 Å². The van der Waals surface area contributed by atoms with Gasteiger partial charge in [-0.1, -0.05) is 117 Å². The Hall–Kier alpha value is -6.32. The van der Waals surface area contributed by atoms with Gasteiger partial charge < -0.3 is 13.7 Å². The maximum atomic E-state index is 6.82. The normalized spacial score (nSPS) is 17.4. The minimum absolute atomic E-state index is 0.00609. The molecular formula is C49H35NO2. The van der Waals surface area contributed by atoms with Crippen LogP contribution in [0, 0.1) is 5.92 Å². The van der Waals surface area contributed by atoms with Crippen LogP contribution in [0.25, 0.3) is 65.8 Å². The van der Waals surface area contributed by atoms with Gasteiger partial charge in [0, 0.05) is 50.6 Å². The van der Waals surface area contributed by atoms with Gasteiger partial charge in [0.05, 0.1) is 0 Å². The maximum Gasteiger partial charge on any atom is 0.137 e. The molecule has 0 aliphatic heterocycles. The van der Waals surface area contributed by atoms with Crippen molar-refractivity contribution in [2.24, 2.45) is 5.92 Å². The first-order chi connectivity index (χ1) is 25.5. The van der Waals surface area contributed by atoms with Gasteiger partial charge in [-0.15, -0.1) is 0 Å². The standard InChI is InChI=1S/C49H35NO2/c1-49(2)42-18-10-8-15-35(42)36-23-20-32(27-43(36)49)50(31-22-25-45-41(26-31)37-16-9-11-19-44(37)51-45)33-21-24-39-46(28-33)52-47-29-40(30-12-4-3-5-13-30)34-14-6-7-17-38(34)48(39)47/h3-29,35,42H,1-2H3. The van der Waals surface area contributed by atoms with E-state index in [2.05, 4.69) is 170 Å². The summed E-state index contributed by atoms with van der Waals surface area (Å²) < 4.78 is 13.1. The highest BCUT2D eigenvalue weighted by atomic mass is 16.3. The van der Waals surface area contributed by atoms with E-state index >= 15 is 0 Å². The average molecular weight is 670 g/mol. The molecule has 0 fully saturated rings. The summed E-state index contributed by atoms with van der Waals surface area (Å²) in [6.07, 6.45) is 9.17. The Morgan fingerprint density at radius 3 is 2.06 bits per heavy atom. The monoisotopic (exact) mass is 669 g/mol. The van der Waals surface area contributed by atoms with Gasteiger partial charge in [0.1, 0.15) is 22.3 Å². The van der Waals surface area contributed by atoms with E-state index in [0.717, 1.165) is 60.9 Å². The van der Waals surface area contributed by atoms with E-state index < -0.39 is 0 Å². The molecule has 2 aliphatic carbocycles. The molecule has 3 nitrogen and oxygen atoms in total. The number of hydrogen-bond donors (Lipinski definition) is 0. The van der Waals surface area contributed by atoms with Crippen molar-refractivity contribution in [3.8, 4) is 11.1 Å². The third-order valence-corrected chi connectivity index (χ3v) is 11.7. The van der Waals surface area contributed by atoms with Crippen molar-refractivity contribution in [3.63, 3.8) is 0 Å². The van der Waals surface area contributed by atoms with E-state index in [0.29, 0.717) is 11.8 Å². The fourth-order valence-electron chi connectivity index (χ4n) is 9.23. The van der Waals surface area contributed by atoms with E-state index in [4.69, 9.17) is 8.83 Å². The summed E-state index contributed by atoms with van der Waals surface area (Å²) >= 11 is 0. The highest BCUT2D eigenvalue weighted by molar-refractivity contribution is 6.22. The fourth-order valence-corrected chi connectivity index (χ4v) is 9.23. The maximum absolute atomic E-state index is 6.82. The van der Waals surface area contributed by atoms with Crippen LogP contribution in [-0.4, -0.2) is 0 Å². The molecule has 0 bridgehead atoms. The summed E-state index contributed by atoms with van der Waals surface area (Å²) in [4.78, 5) is 2.38. The van der Waals surface area contributed by atoms with E-state index in [1.54, 1.807) is 0 Å². The highest BCUT2D eigenvalue weighted by Crippen LogP contribution is 2.54. The molecular weight excluding hydrogens is 635 g/mol. The smallest absolute Gasteiger partial charge is 0.137 e. The first-order valence-corrected chi connectivity index (χ1v) is 18.2. The largest absolute Gasteiger partial charge is 0.456 e. The topological polar surface area (TPSA) is 29.5 Å². The third-order valence-electron chi connectivity index (χ3n) is 11.7. The Morgan fingerprint density at radius 2 is 1.17 bits per heavy atom. The molecule has 2 aromatic heterocycles. The molecule has 0 saturated carbocycles. The number of rotatable bonds is 4. The van der Waals surface area contributed by atoms with E-state index in [9.17, 15) is 0 Å². The molecule has 0 saturated heterocycles. The molecule has 2 aliphatic rings. The summed E-state index contributed by atoms with van der Waals surface area (Å²) in [6.45, 7) is 4.79. The molecule has 0 amide bonds. The first-order valence-electron chi connectivity index (χ1n) is 18.2. The fraction of sp³-hybridized carbons (Fsp3) is 0.102. The van der Waals surface area contributed by atoms with Gasteiger partial charge in [0.2, 0.25) is 0 Å². The van der Waals surface area contributed by atoms with Gasteiger partial charge in [-0.05, 0) is 99.0 Å². The van der Waals surface area contributed by atoms with Crippen LogP contribution < -0.4 is 4.90 Å². The van der Waals surface area contributed by atoms with Crippen LogP contribution in [0.1, 0.15) is 30.9 Å². The summed E-state index contributed by atoms with van der Waals surface area (Å²) in [6, 6.07) is 50.1. The zero-order valence-corrected chi connectivity index (χ0v) is 29.0. The van der Waals surface area contributed by atoms with Crippen LogP contribution in [0.2, 0.25) is 0 Å². The molecule has 11 rings (SSSR count). The second kappa shape index (κ2) is 10.8. The van der Waals surface area contributed by atoms with Gasteiger partial charge >= 0.3 is 0 Å².